The van der Waals surface area contributed by atoms with Gasteiger partial charge < -0.3 is 34.5 Å². The number of aliphatic carboxylic acids is 2. The van der Waals surface area contributed by atoms with Crippen molar-refractivity contribution in [3.63, 3.8) is 0 Å². The van der Waals surface area contributed by atoms with Crippen LogP contribution in [0.3, 0.4) is 0 Å². The normalized spacial score (nSPS) is 8.41. The van der Waals surface area contributed by atoms with Crippen molar-refractivity contribution in [1.29, 1.82) is 0 Å². The molecule has 0 atom stereocenters. The first-order valence-electron chi connectivity index (χ1n) is 9.03. The van der Waals surface area contributed by atoms with Gasteiger partial charge in [-0.3, -0.25) is 0 Å². The van der Waals surface area contributed by atoms with Gasteiger partial charge in [0.15, 0.2) is 0 Å². The largest absolute Gasteiger partial charge is 1.00 e. The van der Waals surface area contributed by atoms with Crippen molar-refractivity contribution in [2.75, 3.05) is 6.61 Å². The summed E-state index contributed by atoms with van der Waals surface area (Å²) in [6.07, 6.45) is 1.83. The minimum absolute atomic E-state index is 0. The van der Waals surface area contributed by atoms with Gasteiger partial charge >= 0.3 is 59.1 Å². The van der Waals surface area contributed by atoms with Crippen LogP contribution in [-0.2, 0) is 19.2 Å². The first-order valence-corrected chi connectivity index (χ1v) is 9.03. The summed E-state index contributed by atoms with van der Waals surface area (Å²) in [6, 6.07) is 0. The molecule has 0 bridgehead atoms. The fourth-order valence-electron chi connectivity index (χ4n) is 0. The minimum atomic E-state index is -0.991. The molecule has 9 heteroatoms. The molecule has 0 unspecified atom stereocenters. The molecule has 0 radical (unpaired) electrons. The zero-order valence-electron chi connectivity index (χ0n) is 20.6. The van der Waals surface area contributed by atoms with Gasteiger partial charge in [-0.1, -0.05) is 69.2 Å². The number of carbonyl (C=O) groups excluding carboxylic acids is 4. The van der Waals surface area contributed by atoms with E-state index in [9.17, 15) is 29.4 Å². The van der Waals surface area contributed by atoms with E-state index < -0.39 is 11.9 Å². The van der Waals surface area contributed by atoms with Crippen LogP contribution in [0.5, 0.6) is 0 Å². The van der Waals surface area contributed by atoms with E-state index in [-0.39, 0.29) is 82.8 Å². The van der Waals surface area contributed by atoms with E-state index in [4.69, 9.17) is 5.11 Å². The summed E-state index contributed by atoms with van der Waals surface area (Å²) in [6.45, 7) is 18.0. The zero-order valence-corrected chi connectivity index (χ0v) is 24.6. The first-order chi connectivity index (χ1) is 12.1. The molecule has 0 aliphatic carbocycles. The summed E-state index contributed by atoms with van der Waals surface area (Å²) in [7, 11) is 0. The molecule has 1 N–H and O–H groups in total. The Kier molecular flexibility index (Phi) is 58.0. The standard InChI is InChI=1S/2C4H8O2.C4H10O.2C4H8O.2Na/c2*1-3(2)4(5)6;3*1-4(2)3-5;;/h2*3H,1-2H3,(H,5,6);4-5H,3H2,1-2H3;2*3-4H,1-2H3;;/q;;;;;2*+1/p-2. The first kappa shape index (κ1) is 47.1. The summed E-state index contributed by atoms with van der Waals surface area (Å²) < 4.78 is 0. The van der Waals surface area contributed by atoms with Gasteiger partial charge in [0.2, 0.25) is 0 Å². The number of aliphatic hydroxyl groups is 1. The van der Waals surface area contributed by atoms with Gasteiger partial charge in [-0.05, 0) is 17.8 Å². The minimum Gasteiger partial charge on any atom is -0.550 e. The van der Waals surface area contributed by atoms with Gasteiger partial charge in [0.05, 0.1) is 0 Å². The van der Waals surface area contributed by atoms with E-state index in [1.807, 2.05) is 41.5 Å². The second-order valence-electron chi connectivity index (χ2n) is 7.28. The van der Waals surface area contributed by atoms with Crippen LogP contribution in [0.15, 0.2) is 0 Å². The summed E-state index contributed by atoms with van der Waals surface area (Å²) in [5.74, 6) is -1.82. The quantitative estimate of drug-likeness (QED) is 0.336. The number of rotatable bonds is 5. The van der Waals surface area contributed by atoms with Crippen molar-refractivity contribution in [3.05, 3.63) is 0 Å². The monoisotopic (exact) mass is 438 g/mol. The Labute approximate surface area is 222 Å². The second kappa shape index (κ2) is 35.7. The topological polar surface area (TPSA) is 135 Å². The third-order valence-corrected chi connectivity index (χ3v) is 1.85. The molecule has 0 aliphatic rings. The van der Waals surface area contributed by atoms with Gasteiger partial charge in [0, 0.05) is 30.4 Å². The maximum atomic E-state index is 9.59. The molecular weight excluding hydrogens is 398 g/mol. The van der Waals surface area contributed by atoms with Gasteiger partial charge in [-0.2, -0.15) is 0 Å². The zero-order chi connectivity index (χ0) is 23.2. The molecule has 164 valence electrons. The summed E-state index contributed by atoms with van der Waals surface area (Å²) in [5, 5.41) is 27.3. The molecule has 0 aliphatic heterocycles. The van der Waals surface area contributed by atoms with E-state index >= 15 is 0 Å². The maximum absolute atomic E-state index is 9.59. The predicted octanol–water partition coefficient (Wildman–Crippen LogP) is -4.89. The molecule has 0 aromatic carbocycles. The molecule has 29 heavy (non-hydrogen) atoms. The molecule has 0 rings (SSSR count). The average molecular weight is 439 g/mol. The molecule has 0 fully saturated rings. The number of hydrogen-bond donors (Lipinski definition) is 1. The Morgan fingerprint density at radius 1 is 0.690 bits per heavy atom. The van der Waals surface area contributed by atoms with E-state index in [1.165, 1.54) is 0 Å². The summed E-state index contributed by atoms with van der Waals surface area (Å²) in [5.41, 5.74) is 0. The number of hydrogen-bond acceptors (Lipinski definition) is 7. The van der Waals surface area contributed by atoms with E-state index in [0.29, 0.717) is 12.5 Å². The van der Waals surface area contributed by atoms with Crippen molar-refractivity contribution in [2.45, 2.75) is 69.2 Å². The molecule has 7 nitrogen and oxygen atoms in total. The fraction of sp³-hybridized carbons (Fsp3) is 0.800. The van der Waals surface area contributed by atoms with Crippen molar-refractivity contribution in [1.82, 2.24) is 0 Å². The average Bonchev–Trinajstić information content (AvgIpc) is 2.56. The Balaban J connectivity index is -0.0000000411. The van der Waals surface area contributed by atoms with Crippen molar-refractivity contribution < 1.29 is 93.6 Å². The molecule has 0 saturated carbocycles. The number of aliphatic hydroxyl groups excluding tert-OH is 1. The number of carbonyl (C=O) groups is 4. The fourth-order valence-corrected chi connectivity index (χ4v) is 0. The summed E-state index contributed by atoms with van der Waals surface area (Å²) in [4.78, 5) is 38.2. The number of carboxylic acid groups (broad SMARTS) is 2. The van der Waals surface area contributed by atoms with Crippen LogP contribution in [0.25, 0.3) is 0 Å². The van der Waals surface area contributed by atoms with Crippen LogP contribution in [-0.4, -0.2) is 36.2 Å². The van der Waals surface area contributed by atoms with Crippen LogP contribution in [0.2, 0.25) is 0 Å². The van der Waals surface area contributed by atoms with Crippen molar-refractivity contribution >= 4 is 24.5 Å². The maximum Gasteiger partial charge on any atom is 1.00 e. The van der Waals surface area contributed by atoms with Gasteiger partial charge in [0.1, 0.15) is 12.6 Å². The van der Waals surface area contributed by atoms with Crippen LogP contribution in [0.1, 0.15) is 69.2 Å². The third-order valence-electron chi connectivity index (χ3n) is 1.85. The Hall–Kier alpha value is 0.240. The van der Waals surface area contributed by atoms with Crippen LogP contribution in [0, 0.1) is 29.6 Å². The molecule has 0 spiro atoms. The molecule has 0 aromatic heterocycles. The molecule has 0 heterocycles. The number of aldehydes is 2. The van der Waals surface area contributed by atoms with Crippen LogP contribution < -0.4 is 69.3 Å². The smallest absolute Gasteiger partial charge is 0.550 e. The second-order valence-corrected chi connectivity index (χ2v) is 7.28. The predicted molar refractivity (Wildman–Crippen MR) is 103 cm³/mol. The van der Waals surface area contributed by atoms with E-state index in [1.54, 1.807) is 27.7 Å². The van der Waals surface area contributed by atoms with E-state index in [0.717, 1.165) is 12.6 Å². The van der Waals surface area contributed by atoms with E-state index in [2.05, 4.69) is 0 Å². The molecule has 0 aromatic rings. The van der Waals surface area contributed by atoms with Crippen molar-refractivity contribution in [3.8, 4) is 0 Å². The molecule has 0 amide bonds. The van der Waals surface area contributed by atoms with Gasteiger partial charge in [0.25, 0.3) is 0 Å². The van der Waals surface area contributed by atoms with Crippen LogP contribution >= 0.6 is 0 Å². The molecule has 0 saturated heterocycles. The van der Waals surface area contributed by atoms with Crippen molar-refractivity contribution in [2.24, 2.45) is 29.6 Å². The Morgan fingerprint density at radius 3 is 0.793 bits per heavy atom. The van der Waals surface area contributed by atoms with Crippen LogP contribution in [0.4, 0.5) is 0 Å². The SMILES string of the molecule is CC(C)C(=O)[O-].CC(C)C(=O)[O-].CC(C)C=O.CC(C)C=O.CC(C)CO.[Na+].[Na+]. The Morgan fingerprint density at radius 2 is 0.793 bits per heavy atom. The number of carboxylic acids is 2. The molecular formula is C20H40Na2O7. The summed E-state index contributed by atoms with van der Waals surface area (Å²) >= 11 is 0. The van der Waals surface area contributed by atoms with Gasteiger partial charge in [-0.15, -0.1) is 0 Å². The van der Waals surface area contributed by atoms with Gasteiger partial charge in [-0.25, -0.2) is 0 Å². The Bertz CT molecular complexity index is 327. The third kappa shape index (κ3) is 95.9.